The Morgan fingerprint density at radius 3 is 2.32 bits per heavy atom. The molecule has 25 heavy (non-hydrogen) atoms. The molecule has 1 aromatic rings. The van der Waals surface area contributed by atoms with E-state index in [0.29, 0.717) is 12.3 Å². The van der Waals surface area contributed by atoms with Crippen molar-refractivity contribution in [2.45, 2.75) is 45.6 Å². The predicted molar refractivity (Wildman–Crippen MR) is 96.4 cm³/mol. The third-order valence-electron chi connectivity index (χ3n) is 5.46. The fraction of sp³-hybridized carbons (Fsp3) is 0.600. The van der Waals surface area contributed by atoms with Crippen LogP contribution >= 0.6 is 0 Å². The molecule has 5 heteroatoms. The lowest BCUT2D eigenvalue weighted by Gasteiger charge is -2.37. The first-order chi connectivity index (χ1) is 11.9. The number of amides is 1. The van der Waals surface area contributed by atoms with Crippen LogP contribution in [0.25, 0.3) is 0 Å². The first-order valence-electron chi connectivity index (χ1n) is 9.27. The molecule has 5 nitrogen and oxygen atoms in total. The van der Waals surface area contributed by atoms with Gasteiger partial charge in [-0.05, 0) is 57.7 Å². The quantitative estimate of drug-likeness (QED) is 0.892. The summed E-state index contributed by atoms with van der Waals surface area (Å²) in [5, 5.41) is 9.80. The minimum atomic E-state index is -0.779. The number of hydrogen-bond donors (Lipinski definition) is 1. The highest BCUT2D eigenvalue weighted by atomic mass is 16.4. The first kappa shape index (κ1) is 17.9. The highest BCUT2D eigenvalue weighted by Crippen LogP contribution is 2.29. The van der Waals surface area contributed by atoms with Gasteiger partial charge in [-0.2, -0.15) is 0 Å². The van der Waals surface area contributed by atoms with Gasteiger partial charge in [-0.1, -0.05) is 29.3 Å². The van der Waals surface area contributed by atoms with E-state index in [1.807, 2.05) is 30.9 Å². The molecular weight excluding hydrogens is 316 g/mol. The van der Waals surface area contributed by atoms with E-state index in [1.54, 1.807) is 0 Å². The van der Waals surface area contributed by atoms with Gasteiger partial charge in [-0.25, -0.2) is 0 Å². The Hall–Kier alpha value is -1.88. The van der Waals surface area contributed by atoms with E-state index >= 15 is 0 Å². The van der Waals surface area contributed by atoms with Crippen molar-refractivity contribution in [2.24, 2.45) is 5.92 Å². The van der Waals surface area contributed by atoms with E-state index in [0.717, 1.165) is 62.1 Å². The summed E-state index contributed by atoms with van der Waals surface area (Å²) in [6.07, 6.45) is 3.58. The molecular formula is C20H28N2O3. The molecule has 1 amide bonds. The van der Waals surface area contributed by atoms with Crippen molar-refractivity contribution in [3.63, 3.8) is 0 Å². The van der Waals surface area contributed by atoms with Gasteiger partial charge in [-0.15, -0.1) is 0 Å². The van der Waals surface area contributed by atoms with Crippen LogP contribution in [0.5, 0.6) is 0 Å². The minimum absolute atomic E-state index is 0.279. The summed E-state index contributed by atoms with van der Waals surface area (Å²) in [7, 11) is 0. The van der Waals surface area contributed by atoms with Crippen LogP contribution in [0.15, 0.2) is 18.2 Å². The normalized spacial score (nSPS) is 20.9. The van der Waals surface area contributed by atoms with Crippen LogP contribution in [0.1, 0.15) is 48.4 Å². The lowest BCUT2D eigenvalue weighted by molar-refractivity contribution is -0.144. The molecule has 2 aliphatic rings. The number of benzene rings is 1. The van der Waals surface area contributed by atoms with Crippen LogP contribution < -0.4 is 0 Å². The van der Waals surface area contributed by atoms with Gasteiger partial charge in [0.1, 0.15) is 6.04 Å². The summed E-state index contributed by atoms with van der Waals surface area (Å²) in [5.74, 6) is -0.00811. The molecule has 136 valence electrons. The number of aliphatic carboxylic acids is 1. The first-order valence-corrected chi connectivity index (χ1v) is 9.27. The van der Waals surface area contributed by atoms with Gasteiger partial charge < -0.3 is 10.0 Å². The van der Waals surface area contributed by atoms with Gasteiger partial charge >= 0.3 is 5.97 Å². The largest absolute Gasteiger partial charge is 0.480 e. The molecule has 2 fully saturated rings. The van der Waals surface area contributed by atoms with E-state index in [4.69, 9.17) is 0 Å². The molecule has 0 radical (unpaired) electrons. The zero-order valence-electron chi connectivity index (χ0n) is 15.2. The molecule has 0 aromatic heterocycles. The monoisotopic (exact) mass is 344 g/mol. The fourth-order valence-electron chi connectivity index (χ4n) is 4.28. The van der Waals surface area contributed by atoms with Crippen molar-refractivity contribution in [1.29, 1.82) is 0 Å². The van der Waals surface area contributed by atoms with Gasteiger partial charge in [0, 0.05) is 19.5 Å². The Morgan fingerprint density at radius 1 is 1.16 bits per heavy atom. The number of carbonyl (C=O) groups excluding carboxylic acids is 1. The second-order valence-corrected chi connectivity index (χ2v) is 7.58. The number of carboxylic acid groups (broad SMARTS) is 1. The fourth-order valence-corrected chi connectivity index (χ4v) is 4.28. The Balaban J connectivity index is 1.64. The molecule has 1 atom stereocenters. The van der Waals surface area contributed by atoms with Gasteiger partial charge in [-0.3, -0.25) is 14.5 Å². The third kappa shape index (κ3) is 4.21. The topological polar surface area (TPSA) is 60.9 Å². The zero-order chi connectivity index (χ0) is 18.0. The molecule has 0 aliphatic carbocycles. The zero-order valence-corrected chi connectivity index (χ0v) is 15.2. The van der Waals surface area contributed by atoms with Crippen molar-refractivity contribution in [1.82, 2.24) is 9.80 Å². The maximum atomic E-state index is 11.9. The van der Waals surface area contributed by atoms with Crippen LogP contribution in [-0.4, -0.2) is 53.0 Å². The van der Waals surface area contributed by atoms with Gasteiger partial charge in [0.2, 0.25) is 5.91 Å². The number of carboxylic acids is 1. The third-order valence-corrected chi connectivity index (χ3v) is 5.46. The van der Waals surface area contributed by atoms with Crippen molar-refractivity contribution in [3.05, 3.63) is 34.9 Å². The molecule has 0 spiro atoms. The van der Waals surface area contributed by atoms with Gasteiger partial charge in [0.05, 0.1) is 0 Å². The molecule has 3 rings (SSSR count). The van der Waals surface area contributed by atoms with Crippen molar-refractivity contribution in [2.75, 3.05) is 26.2 Å². The Kier molecular flexibility index (Phi) is 5.42. The Morgan fingerprint density at radius 2 is 1.80 bits per heavy atom. The average Bonchev–Trinajstić information content (AvgIpc) is 2.93. The van der Waals surface area contributed by atoms with Crippen molar-refractivity contribution in [3.8, 4) is 0 Å². The van der Waals surface area contributed by atoms with Crippen molar-refractivity contribution < 1.29 is 14.7 Å². The molecule has 0 bridgehead atoms. The average molecular weight is 344 g/mol. The van der Waals surface area contributed by atoms with Gasteiger partial charge in [0.15, 0.2) is 0 Å². The van der Waals surface area contributed by atoms with Crippen LogP contribution in [0, 0.1) is 19.8 Å². The second kappa shape index (κ2) is 7.56. The number of rotatable bonds is 5. The van der Waals surface area contributed by atoms with Crippen LogP contribution in [0.2, 0.25) is 0 Å². The Labute approximate surface area is 149 Å². The minimum Gasteiger partial charge on any atom is -0.480 e. The highest BCUT2D eigenvalue weighted by molar-refractivity contribution is 5.78. The summed E-state index contributed by atoms with van der Waals surface area (Å²) < 4.78 is 0. The number of nitrogens with zero attached hydrogens (tertiary/aromatic N) is 2. The van der Waals surface area contributed by atoms with E-state index in [2.05, 4.69) is 11.0 Å². The molecule has 0 saturated carbocycles. The summed E-state index contributed by atoms with van der Waals surface area (Å²) in [6.45, 7) is 7.30. The number of hydrogen-bond acceptors (Lipinski definition) is 3. The second-order valence-electron chi connectivity index (χ2n) is 7.58. The molecule has 2 heterocycles. The SMILES string of the molecule is Cc1cc(C)cc([C@@H](C(=O)O)N2CCC(CN3CCCC3=O)CC2)c1. The van der Waals surface area contributed by atoms with Crippen LogP contribution in [0.3, 0.4) is 0 Å². The Bertz CT molecular complexity index is 630. The highest BCUT2D eigenvalue weighted by Gasteiger charge is 2.32. The molecule has 1 aromatic carbocycles. The van der Waals surface area contributed by atoms with E-state index < -0.39 is 12.0 Å². The number of carbonyl (C=O) groups is 2. The summed E-state index contributed by atoms with van der Waals surface area (Å²) in [5.41, 5.74) is 3.07. The van der Waals surface area contributed by atoms with Crippen LogP contribution in [-0.2, 0) is 9.59 Å². The molecule has 2 saturated heterocycles. The standard InChI is InChI=1S/C20H28N2O3/c1-14-10-15(2)12-17(11-14)19(20(24)25)21-8-5-16(6-9-21)13-22-7-3-4-18(22)23/h10-12,16,19H,3-9,13H2,1-2H3,(H,24,25)/t19-/m0/s1. The number of aryl methyl sites for hydroxylation is 2. The summed E-state index contributed by atoms with van der Waals surface area (Å²) >= 11 is 0. The maximum Gasteiger partial charge on any atom is 0.325 e. The molecule has 2 aliphatic heterocycles. The van der Waals surface area contributed by atoms with Gasteiger partial charge in [0.25, 0.3) is 0 Å². The number of likely N-dealkylation sites (tertiary alicyclic amines) is 2. The molecule has 0 unspecified atom stereocenters. The predicted octanol–water partition coefficient (Wildman–Crippen LogP) is 2.76. The van der Waals surface area contributed by atoms with E-state index in [9.17, 15) is 14.7 Å². The van der Waals surface area contributed by atoms with E-state index in [1.165, 1.54) is 0 Å². The summed E-state index contributed by atoms with van der Waals surface area (Å²) in [4.78, 5) is 27.8. The lowest BCUT2D eigenvalue weighted by Crippen LogP contribution is -2.42. The van der Waals surface area contributed by atoms with Crippen molar-refractivity contribution >= 4 is 11.9 Å². The lowest BCUT2D eigenvalue weighted by atomic mass is 9.93. The smallest absolute Gasteiger partial charge is 0.325 e. The maximum absolute atomic E-state index is 11.9. The van der Waals surface area contributed by atoms with E-state index in [-0.39, 0.29) is 5.91 Å². The molecule has 1 N–H and O–H groups in total. The number of piperidine rings is 1. The van der Waals surface area contributed by atoms with Crippen LogP contribution in [0.4, 0.5) is 0 Å². The summed E-state index contributed by atoms with van der Waals surface area (Å²) in [6, 6.07) is 5.47.